The maximum Gasteiger partial charge on any atom is 0.416 e. The normalized spacial score (nSPS) is 17.6. The maximum absolute atomic E-state index is 14.4. The van der Waals surface area contributed by atoms with Crippen LogP contribution in [0.2, 0.25) is 0 Å². The molecular formula is C33H29F3N6O2. The van der Waals surface area contributed by atoms with Crippen LogP contribution in [0.15, 0.2) is 60.9 Å². The molecule has 11 heteroatoms. The van der Waals surface area contributed by atoms with Gasteiger partial charge in [0.2, 0.25) is 0 Å². The Morgan fingerprint density at radius 3 is 2.61 bits per heavy atom. The molecule has 3 aliphatic rings. The zero-order chi connectivity index (χ0) is 30.6. The van der Waals surface area contributed by atoms with E-state index in [0.717, 1.165) is 22.5 Å². The highest BCUT2D eigenvalue weighted by Gasteiger charge is 2.43. The van der Waals surface area contributed by atoms with Gasteiger partial charge in [-0.25, -0.2) is 0 Å². The number of carbonyl (C=O) groups is 1. The van der Waals surface area contributed by atoms with Crippen molar-refractivity contribution in [1.82, 2.24) is 19.7 Å². The SMILES string of the molecule is Cn1cnnc1CC1(c2cccc(N3Cc4c(cc(CN5CCc6cc(C#N)ccc6C5)cc4C(F)(F)F)C3=O)c2)COC1. The zero-order valence-electron chi connectivity index (χ0n) is 24.1. The van der Waals surface area contributed by atoms with Gasteiger partial charge in [-0.15, -0.1) is 10.2 Å². The lowest BCUT2D eigenvalue weighted by Crippen LogP contribution is -2.49. The van der Waals surface area contributed by atoms with Gasteiger partial charge in [0.05, 0.1) is 37.0 Å². The Morgan fingerprint density at radius 2 is 1.91 bits per heavy atom. The van der Waals surface area contributed by atoms with Crippen LogP contribution < -0.4 is 4.90 Å². The van der Waals surface area contributed by atoms with E-state index >= 15 is 0 Å². The second-order valence-corrected chi connectivity index (χ2v) is 12.0. The quantitative estimate of drug-likeness (QED) is 0.313. The van der Waals surface area contributed by atoms with Crippen LogP contribution in [0.3, 0.4) is 0 Å². The fourth-order valence-corrected chi connectivity index (χ4v) is 6.59. The van der Waals surface area contributed by atoms with Crippen LogP contribution in [0.1, 0.15) is 55.1 Å². The Bertz CT molecular complexity index is 1820. The molecule has 7 rings (SSSR count). The van der Waals surface area contributed by atoms with Gasteiger partial charge >= 0.3 is 6.18 Å². The van der Waals surface area contributed by atoms with Crippen LogP contribution in [0.4, 0.5) is 18.9 Å². The number of hydrogen-bond donors (Lipinski definition) is 0. The molecule has 0 atom stereocenters. The van der Waals surface area contributed by atoms with Crippen LogP contribution >= 0.6 is 0 Å². The summed E-state index contributed by atoms with van der Waals surface area (Å²) in [6, 6.07) is 18.0. The monoisotopic (exact) mass is 598 g/mol. The molecule has 0 radical (unpaired) electrons. The molecule has 0 N–H and O–H groups in total. The third-order valence-corrected chi connectivity index (χ3v) is 9.07. The largest absolute Gasteiger partial charge is 0.416 e. The summed E-state index contributed by atoms with van der Waals surface area (Å²) < 4.78 is 50.7. The predicted octanol–water partition coefficient (Wildman–Crippen LogP) is 4.93. The summed E-state index contributed by atoms with van der Waals surface area (Å²) in [5, 5.41) is 17.4. The average molecular weight is 599 g/mol. The van der Waals surface area contributed by atoms with Crippen molar-refractivity contribution in [2.24, 2.45) is 7.05 Å². The molecular weight excluding hydrogens is 569 g/mol. The summed E-state index contributed by atoms with van der Waals surface area (Å²) >= 11 is 0. The lowest BCUT2D eigenvalue weighted by molar-refractivity contribution is -0.138. The van der Waals surface area contributed by atoms with E-state index in [0.29, 0.717) is 56.0 Å². The number of halogens is 3. The van der Waals surface area contributed by atoms with Crippen molar-refractivity contribution in [2.45, 2.75) is 44.1 Å². The molecule has 224 valence electrons. The van der Waals surface area contributed by atoms with Gasteiger partial charge in [-0.3, -0.25) is 9.69 Å². The molecule has 3 aliphatic heterocycles. The van der Waals surface area contributed by atoms with Crippen molar-refractivity contribution >= 4 is 11.6 Å². The number of nitriles is 1. The lowest BCUT2D eigenvalue weighted by Gasteiger charge is -2.42. The summed E-state index contributed by atoms with van der Waals surface area (Å²) in [5.41, 5.74) is 3.66. The third-order valence-electron chi connectivity index (χ3n) is 9.07. The summed E-state index contributed by atoms with van der Waals surface area (Å²) in [5.74, 6) is 0.361. The van der Waals surface area contributed by atoms with Crippen LogP contribution in [-0.4, -0.2) is 45.3 Å². The minimum absolute atomic E-state index is 0.00505. The Morgan fingerprint density at radius 1 is 1.07 bits per heavy atom. The Balaban J connectivity index is 1.17. The van der Waals surface area contributed by atoms with Gasteiger partial charge < -0.3 is 14.2 Å². The summed E-state index contributed by atoms with van der Waals surface area (Å²) in [6.45, 7) is 2.28. The molecule has 1 saturated heterocycles. The van der Waals surface area contributed by atoms with Gasteiger partial charge in [-0.05, 0) is 70.6 Å². The number of ether oxygens (including phenoxy) is 1. The minimum atomic E-state index is -4.61. The second-order valence-electron chi connectivity index (χ2n) is 12.0. The number of carbonyl (C=O) groups excluding carboxylic acids is 1. The van der Waals surface area contributed by atoms with Crippen molar-refractivity contribution in [3.05, 3.63) is 111 Å². The van der Waals surface area contributed by atoms with Crippen molar-refractivity contribution < 1.29 is 22.7 Å². The average Bonchev–Trinajstić information content (AvgIpc) is 3.55. The minimum Gasteiger partial charge on any atom is -0.379 e. The molecule has 1 amide bonds. The highest BCUT2D eigenvalue weighted by molar-refractivity contribution is 6.10. The number of aryl methyl sites for hydroxylation is 1. The van der Waals surface area contributed by atoms with Gasteiger partial charge in [-0.1, -0.05) is 18.2 Å². The van der Waals surface area contributed by atoms with E-state index in [2.05, 4.69) is 21.2 Å². The van der Waals surface area contributed by atoms with E-state index in [4.69, 9.17) is 4.74 Å². The molecule has 0 saturated carbocycles. The number of benzene rings is 3. The van der Waals surface area contributed by atoms with Crippen molar-refractivity contribution in [2.75, 3.05) is 24.7 Å². The van der Waals surface area contributed by atoms with Gasteiger partial charge in [0, 0.05) is 49.8 Å². The second kappa shape index (κ2) is 10.6. The van der Waals surface area contributed by atoms with E-state index in [-0.39, 0.29) is 29.6 Å². The van der Waals surface area contributed by atoms with Crippen LogP contribution in [0, 0.1) is 11.3 Å². The van der Waals surface area contributed by atoms with Gasteiger partial charge in [0.15, 0.2) is 0 Å². The number of aromatic nitrogens is 3. The number of nitrogens with zero attached hydrogens (tertiary/aromatic N) is 6. The standard InChI is InChI=1S/C33H29F3N6O2/c1-40-20-38-39-30(40)13-32(18-44-19-32)25-3-2-4-26(12-25)42-17-28-27(31(42)43)10-22(11-29(28)33(34,35)36)15-41-8-7-23-9-21(14-37)5-6-24(23)16-41/h2-6,9-12,20H,7-8,13,15-19H2,1H3. The zero-order valence-corrected chi connectivity index (χ0v) is 24.1. The lowest BCUT2D eigenvalue weighted by atomic mass is 9.75. The Labute approximate surface area is 252 Å². The van der Waals surface area contributed by atoms with Gasteiger partial charge in [0.1, 0.15) is 12.2 Å². The van der Waals surface area contributed by atoms with E-state index < -0.39 is 17.6 Å². The summed E-state index contributed by atoms with van der Waals surface area (Å²) in [6.07, 6.45) is -1.68. The first-order valence-corrected chi connectivity index (χ1v) is 14.4. The van der Waals surface area contributed by atoms with E-state index in [1.807, 2.05) is 41.9 Å². The van der Waals surface area contributed by atoms with Crippen molar-refractivity contribution in [1.29, 1.82) is 5.26 Å². The molecule has 4 heterocycles. The van der Waals surface area contributed by atoms with Gasteiger partial charge in [-0.2, -0.15) is 18.4 Å². The number of hydrogen-bond acceptors (Lipinski definition) is 6. The Hall–Kier alpha value is -4.53. The molecule has 0 unspecified atom stereocenters. The molecule has 0 aliphatic carbocycles. The third kappa shape index (κ3) is 4.94. The number of amides is 1. The van der Waals surface area contributed by atoms with Crippen molar-refractivity contribution in [3.8, 4) is 6.07 Å². The molecule has 44 heavy (non-hydrogen) atoms. The maximum atomic E-state index is 14.4. The number of alkyl halides is 3. The van der Waals surface area contributed by atoms with E-state index in [9.17, 15) is 23.2 Å². The highest BCUT2D eigenvalue weighted by atomic mass is 19.4. The van der Waals surface area contributed by atoms with E-state index in [1.54, 1.807) is 24.5 Å². The molecule has 4 aromatic rings. The number of rotatable bonds is 6. The van der Waals surface area contributed by atoms with E-state index in [1.165, 1.54) is 11.0 Å². The first-order chi connectivity index (χ1) is 21.1. The highest BCUT2D eigenvalue weighted by Crippen LogP contribution is 2.42. The van der Waals surface area contributed by atoms with Crippen LogP contribution in [-0.2, 0) is 55.9 Å². The molecule has 1 aromatic heterocycles. The topological polar surface area (TPSA) is 87.3 Å². The van der Waals surface area contributed by atoms with Gasteiger partial charge in [0.25, 0.3) is 5.91 Å². The first kappa shape index (κ1) is 28.3. The molecule has 0 bridgehead atoms. The summed E-state index contributed by atoms with van der Waals surface area (Å²) in [4.78, 5) is 17.3. The summed E-state index contributed by atoms with van der Waals surface area (Å²) in [7, 11) is 1.88. The molecule has 3 aromatic carbocycles. The van der Waals surface area contributed by atoms with Crippen LogP contribution in [0.25, 0.3) is 0 Å². The smallest absolute Gasteiger partial charge is 0.379 e. The fourth-order valence-electron chi connectivity index (χ4n) is 6.59. The molecule has 0 spiro atoms. The number of fused-ring (bicyclic) bond motifs is 2. The molecule has 1 fully saturated rings. The number of anilines is 1. The predicted molar refractivity (Wildman–Crippen MR) is 155 cm³/mol. The van der Waals surface area contributed by atoms with Crippen molar-refractivity contribution in [3.63, 3.8) is 0 Å². The Kier molecular flexibility index (Phi) is 6.79. The first-order valence-electron chi connectivity index (χ1n) is 14.4. The van der Waals surface area contributed by atoms with Crippen LogP contribution in [0.5, 0.6) is 0 Å². The molecule has 8 nitrogen and oxygen atoms in total. The fraction of sp³-hybridized carbons (Fsp3) is 0.333.